The van der Waals surface area contributed by atoms with Gasteiger partial charge in [-0.05, 0) is 58.9 Å². The molecule has 0 unspecified atom stereocenters. The van der Waals surface area contributed by atoms with Crippen molar-refractivity contribution < 1.29 is 14.3 Å². The fourth-order valence-corrected chi connectivity index (χ4v) is 2.03. The zero-order valence-electron chi connectivity index (χ0n) is 15.7. The summed E-state index contributed by atoms with van der Waals surface area (Å²) in [5.41, 5.74) is 0.458. The Hall–Kier alpha value is -2.90. The fraction of sp³-hybridized carbons (Fsp3) is 0.444. The number of hydrogen-bond donors (Lipinski definition) is 2. The lowest BCUT2D eigenvalue weighted by Gasteiger charge is -2.13. The van der Waals surface area contributed by atoms with E-state index in [0.717, 1.165) is 0 Å². The highest BCUT2D eigenvalue weighted by molar-refractivity contribution is 5.89. The predicted octanol–water partition coefficient (Wildman–Crippen LogP) is 3.48. The summed E-state index contributed by atoms with van der Waals surface area (Å²) in [5, 5.41) is 6.28. The van der Waals surface area contributed by atoms with Crippen LogP contribution in [0.2, 0.25) is 0 Å². The molecule has 8 heteroatoms. The Kier molecular flexibility index (Phi) is 6.71. The van der Waals surface area contributed by atoms with E-state index in [1.807, 2.05) is 27.7 Å². The van der Waals surface area contributed by atoms with Crippen LogP contribution in [0.4, 0.5) is 11.9 Å². The van der Waals surface area contributed by atoms with Crippen molar-refractivity contribution in [2.75, 3.05) is 17.2 Å². The number of carbonyl (C=O) groups is 1. The molecule has 1 heterocycles. The van der Waals surface area contributed by atoms with E-state index in [0.29, 0.717) is 29.8 Å². The van der Waals surface area contributed by atoms with Gasteiger partial charge in [-0.3, -0.25) is 0 Å². The highest BCUT2D eigenvalue weighted by Crippen LogP contribution is 2.21. The molecule has 8 nitrogen and oxygen atoms in total. The first-order valence-corrected chi connectivity index (χ1v) is 8.61. The van der Waals surface area contributed by atoms with Crippen LogP contribution in [0.3, 0.4) is 0 Å². The largest absolute Gasteiger partial charge is 0.462 e. The number of esters is 1. The molecule has 2 aromatic rings. The molecule has 0 bridgehead atoms. The quantitative estimate of drug-likeness (QED) is 0.691. The molecular weight excluding hydrogens is 334 g/mol. The number of carbonyl (C=O) groups excluding carboxylic acids is 1. The monoisotopic (exact) mass is 359 g/mol. The van der Waals surface area contributed by atoms with Crippen molar-refractivity contribution in [1.29, 1.82) is 0 Å². The van der Waals surface area contributed by atoms with Crippen LogP contribution in [0.15, 0.2) is 24.3 Å². The molecule has 0 fully saturated rings. The van der Waals surface area contributed by atoms with Gasteiger partial charge >= 0.3 is 12.0 Å². The smallest absolute Gasteiger partial charge is 0.338 e. The van der Waals surface area contributed by atoms with Crippen molar-refractivity contribution >= 4 is 17.9 Å². The van der Waals surface area contributed by atoms with Crippen LogP contribution in [-0.4, -0.2) is 39.6 Å². The second-order valence-corrected chi connectivity index (χ2v) is 6.21. The standard InChI is InChI=1S/C18H25N5O3/c1-6-25-15(24)13-7-9-14(10-8-13)26-18-22-16(19-11(2)3)21-17(23-18)20-12(4)5/h7-12H,6H2,1-5H3,(H2,19,20,21,22,23). The van der Waals surface area contributed by atoms with E-state index in [1.165, 1.54) is 0 Å². The minimum Gasteiger partial charge on any atom is -0.462 e. The van der Waals surface area contributed by atoms with Gasteiger partial charge in [-0.25, -0.2) is 4.79 Å². The normalized spacial score (nSPS) is 10.7. The first-order chi connectivity index (χ1) is 12.4. The first kappa shape index (κ1) is 19.4. The van der Waals surface area contributed by atoms with Crippen LogP contribution in [0.1, 0.15) is 45.0 Å². The summed E-state index contributed by atoms with van der Waals surface area (Å²) in [4.78, 5) is 24.6. The molecule has 26 heavy (non-hydrogen) atoms. The predicted molar refractivity (Wildman–Crippen MR) is 99.8 cm³/mol. The van der Waals surface area contributed by atoms with Gasteiger partial charge in [0, 0.05) is 12.1 Å². The third kappa shape index (κ3) is 5.87. The van der Waals surface area contributed by atoms with Crippen LogP contribution in [0.25, 0.3) is 0 Å². The van der Waals surface area contributed by atoms with Crippen molar-refractivity contribution in [3.8, 4) is 11.8 Å². The van der Waals surface area contributed by atoms with Gasteiger partial charge in [0.15, 0.2) is 0 Å². The lowest BCUT2D eigenvalue weighted by atomic mass is 10.2. The highest BCUT2D eigenvalue weighted by Gasteiger charge is 2.11. The van der Waals surface area contributed by atoms with E-state index in [1.54, 1.807) is 31.2 Å². The Morgan fingerprint density at radius 2 is 1.50 bits per heavy atom. The maximum atomic E-state index is 11.7. The minimum atomic E-state index is -0.369. The van der Waals surface area contributed by atoms with Crippen LogP contribution < -0.4 is 15.4 Å². The average Bonchev–Trinajstić information content (AvgIpc) is 2.54. The second-order valence-electron chi connectivity index (χ2n) is 6.21. The number of anilines is 2. The van der Waals surface area contributed by atoms with Gasteiger partial charge in [0.05, 0.1) is 12.2 Å². The van der Waals surface area contributed by atoms with Crippen molar-refractivity contribution in [1.82, 2.24) is 15.0 Å². The molecule has 0 atom stereocenters. The third-order valence-corrected chi connectivity index (χ3v) is 3.03. The molecular formula is C18H25N5O3. The SMILES string of the molecule is CCOC(=O)c1ccc(Oc2nc(NC(C)C)nc(NC(C)C)n2)cc1. The topological polar surface area (TPSA) is 98.3 Å². The van der Waals surface area contributed by atoms with E-state index in [-0.39, 0.29) is 24.1 Å². The number of ether oxygens (including phenoxy) is 2. The number of aromatic nitrogens is 3. The Labute approximate surface area is 153 Å². The zero-order chi connectivity index (χ0) is 19.1. The molecule has 0 amide bonds. The molecule has 140 valence electrons. The molecule has 0 saturated heterocycles. The maximum absolute atomic E-state index is 11.7. The molecule has 2 rings (SSSR count). The molecule has 0 spiro atoms. The summed E-state index contributed by atoms with van der Waals surface area (Å²) in [7, 11) is 0. The summed E-state index contributed by atoms with van der Waals surface area (Å²) >= 11 is 0. The summed E-state index contributed by atoms with van der Waals surface area (Å²) in [6.07, 6.45) is 0. The number of rotatable bonds is 8. The maximum Gasteiger partial charge on any atom is 0.338 e. The second kappa shape index (κ2) is 8.98. The number of nitrogens with zero attached hydrogens (tertiary/aromatic N) is 3. The molecule has 2 N–H and O–H groups in total. The number of nitrogens with one attached hydrogen (secondary N) is 2. The Morgan fingerprint density at radius 1 is 0.962 bits per heavy atom. The van der Waals surface area contributed by atoms with E-state index in [9.17, 15) is 4.79 Å². The lowest BCUT2D eigenvalue weighted by Crippen LogP contribution is -2.17. The van der Waals surface area contributed by atoms with Gasteiger partial charge in [-0.2, -0.15) is 15.0 Å². The highest BCUT2D eigenvalue weighted by atomic mass is 16.5. The molecule has 0 radical (unpaired) electrons. The van der Waals surface area contributed by atoms with Gasteiger partial charge in [-0.1, -0.05) is 0 Å². The molecule has 0 aliphatic rings. The van der Waals surface area contributed by atoms with E-state index in [4.69, 9.17) is 9.47 Å². The molecule has 0 saturated carbocycles. The van der Waals surface area contributed by atoms with Crippen LogP contribution in [-0.2, 0) is 4.74 Å². The zero-order valence-corrected chi connectivity index (χ0v) is 15.7. The Bertz CT molecular complexity index is 704. The molecule has 1 aromatic carbocycles. The van der Waals surface area contributed by atoms with Crippen LogP contribution in [0, 0.1) is 0 Å². The van der Waals surface area contributed by atoms with Crippen molar-refractivity contribution in [2.45, 2.75) is 46.7 Å². The first-order valence-electron chi connectivity index (χ1n) is 8.61. The van der Waals surface area contributed by atoms with E-state index < -0.39 is 0 Å². The Morgan fingerprint density at radius 3 is 1.96 bits per heavy atom. The lowest BCUT2D eigenvalue weighted by molar-refractivity contribution is 0.0526. The van der Waals surface area contributed by atoms with Crippen LogP contribution in [0.5, 0.6) is 11.8 Å². The van der Waals surface area contributed by atoms with Gasteiger partial charge in [-0.15, -0.1) is 0 Å². The van der Waals surface area contributed by atoms with Gasteiger partial charge in [0.2, 0.25) is 11.9 Å². The molecule has 0 aliphatic carbocycles. The summed E-state index contributed by atoms with van der Waals surface area (Å²) in [5.74, 6) is 0.994. The van der Waals surface area contributed by atoms with Crippen molar-refractivity contribution in [3.63, 3.8) is 0 Å². The van der Waals surface area contributed by atoms with Gasteiger partial charge in [0.25, 0.3) is 0 Å². The number of hydrogen-bond acceptors (Lipinski definition) is 8. The van der Waals surface area contributed by atoms with E-state index in [2.05, 4.69) is 25.6 Å². The van der Waals surface area contributed by atoms with Crippen molar-refractivity contribution in [2.24, 2.45) is 0 Å². The van der Waals surface area contributed by atoms with Gasteiger partial charge in [0.1, 0.15) is 5.75 Å². The minimum absolute atomic E-state index is 0.162. The molecule has 1 aromatic heterocycles. The van der Waals surface area contributed by atoms with Crippen LogP contribution >= 0.6 is 0 Å². The average molecular weight is 359 g/mol. The summed E-state index contributed by atoms with van der Waals surface area (Å²) in [6.45, 7) is 10.1. The summed E-state index contributed by atoms with van der Waals surface area (Å²) < 4.78 is 10.7. The molecule has 0 aliphatic heterocycles. The van der Waals surface area contributed by atoms with E-state index >= 15 is 0 Å². The third-order valence-electron chi connectivity index (χ3n) is 3.03. The fourth-order valence-electron chi connectivity index (χ4n) is 2.03. The van der Waals surface area contributed by atoms with Gasteiger partial charge < -0.3 is 20.1 Å². The number of benzene rings is 1. The summed E-state index contributed by atoms with van der Waals surface area (Å²) in [6, 6.07) is 7.10. The van der Waals surface area contributed by atoms with Crippen molar-refractivity contribution in [3.05, 3.63) is 29.8 Å². The Balaban J connectivity index is 2.20.